The molecule has 94 valence electrons. The molecular weight excluding hydrogens is 238 g/mol. The summed E-state index contributed by atoms with van der Waals surface area (Å²) in [5, 5.41) is 15.3. The van der Waals surface area contributed by atoms with Gasteiger partial charge in [-0.05, 0) is 18.4 Å². The fourth-order valence-electron chi connectivity index (χ4n) is 1.73. The number of hydrogen-bond acceptors (Lipinski definition) is 4. The minimum absolute atomic E-state index is 0.155. The van der Waals surface area contributed by atoms with E-state index in [1.807, 2.05) is 13.8 Å². The third kappa shape index (κ3) is 2.88. The molecule has 0 aliphatic rings. The first kappa shape index (κ1) is 13.8. The summed E-state index contributed by atoms with van der Waals surface area (Å²) in [6.07, 6.45) is 1.15. The quantitative estimate of drug-likeness (QED) is 0.367. The first-order valence-corrected chi connectivity index (χ1v) is 6.18. The van der Waals surface area contributed by atoms with Crippen LogP contribution in [0.15, 0.2) is 12.2 Å². The summed E-state index contributed by atoms with van der Waals surface area (Å²) in [6.45, 7) is 8.10. The molecule has 1 rings (SSSR count). The van der Waals surface area contributed by atoms with Crippen molar-refractivity contribution >= 4 is 18.3 Å². The predicted octanol–water partition coefficient (Wildman–Crippen LogP) is 2.40. The van der Waals surface area contributed by atoms with Crippen molar-refractivity contribution in [2.75, 3.05) is 5.75 Å². The molecule has 0 aromatic carbocycles. The smallest absolute Gasteiger partial charge is 0.258 e. The molecule has 0 aliphatic heterocycles. The second-order valence-electron chi connectivity index (χ2n) is 3.77. The number of aryl methyl sites for hydroxylation is 1. The lowest BCUT2D eigenvalue weighted by Crippen LogP contribution is -2.07. The Labute approximate surface area is 106 Å². The van der Waals surface area contributed by atoms with Crippen molar-refractivity contribution < 1.29 is 4.92 Å². The van der Waals surface area contributed by atoms with Gasteiger partial charge in [-0.2, -0.15) is 17.7 Å². The van der Waals surface area contributed by atoms with E-state index in [0.717, 1.165) is 5.57 Å². The van der Waals surface area contributed by atoms with Gasteiger partial charge in [0.25, 0.3) is 0 Å². The van der Waals surface area contributed by atoms with Gasteiger partial charge in [0.05, 0.1) is 11.5 Å². The molecule has 0 atom stereocenters. The molecular formula is C11H17N3O2S. The maximum absolute atomic E-state index is 11.0. The van der Waals surface area contributed by atoms with E-state index < -0.39 is 0 Å². The van der Waals surface area contributed by atoms with E-state index in [-0.39, 0.29) is 10.6 Å². The van der Waals surface area contributed by atoms with Gasteiger partial charge in [-0.25, -0.2) is 0 Å². The summed E-state index contributed by atoms with van der Waals surface area (Å²) in [6, 6.07) is 0. The van der Waals surface area contributed by atoms with Gasteiger partial charge in [-0.1, -0.05) is 20.4 Å². The third-order valence-electron chi connectivity index (χ3n) is 2.55. The van der Waals surface area contributed by atoms with Crippen molar-refractivity contribution in [2.24, 2.45) is 0 Å². The van der Waals surface area contributed by atoms with Crippen molar-refractivity contribution in [3.63, 3.8) is 0 Å². The Hall–Kier alpha value is -1.30. The number of aromatic nitrogens is 2. The first-order chi connectivity index (χ1) is 8.04. The van der Waals surface area contributed by atoms with Crippen LogP contribution < -0.4 is 0 Å². The fraction of sp³-hybridized carbons (Fsp3) is 0.545. The molecule has 0 bridgehead atoms. The van der Waals surface area contributed by atoms with Crippen LogP contribution in [0.3, 0.4) is 0 Å². The first-order valence-electron chi connectivity index (χ1n) is 5.55. The van der Waals surface area contributed by atoms with Gasteiger partial charge in [0, 0.05) is 5.75 Å². The maximum Gasteiger partial charge on any atom is 0.313 e. The largest absolute Gasteiger partial charge is 0.313 e. The van der Waals surface area contributed by atoms with Crippen molar-refractivity contribution in [1.29, 1.82) is 0 Å². The van der Waals surface area contributed by atoms with E-state index in [2.05, 4.69) is 24.3 Å². The van der Waals surface area contributed by atoms with Gasteiger partial charge in [-0.15, -0.1) is 0 Å². The zero-order valence-corrected chi connectivity index (χ0v) is 11.0. The Kier molecular flexibility index (Phi) is 4.74. The second-order valence-corrected chi connectivity index (χ2v) is 4.09. The number of nitrogens with zero attached hydrogens (tertiary/aromatic N) is 3. The van der Waals surface area contributed by atoms with Crippen molar-refractivity contribution in [3.8, 4) is 0 Å². The van der Waals surface area contributed by atoms with Crippen molar-refractivity contribution in [1.82, 2.24) is 9.78 Å². The summed E-state index contributed by atoms with van der Waals surface area (Å²) in [5.74, 6) is 0.554. The van der Waals surface area contributed by atoms with E-state index in [1.165, 1.54) is 0 Å². The zero-order chi connectivity index (χ0) is 13.0. The van der Waals surface area contributed by atoms with E-state index in [4.69, 9.17) is 0 Å². The molecule has 1 aromatic heterocycles. The van der Waals surface area contributed by atoms with E-state index in [1.54, 1.807) is 4.68 Å². The van der Waals surface area contributed by atoms with Crippen LogP contribution in [0, 0.1) is 10.1 Å². The summed E-state index contributed by atoms with van der Waals surface area (Å²) in [4.78, 5) is 10.7. The Bertz CT molecular complexity index is 440. The minimum Gasteiger partial charge on any atom is -0.258 e. The second kappa shape index (κ2) is 5.86. The lowest BCUT2D eigenvalue weighted by Gasteiger charge is -2.05. The van der Waals surface area contributed by atoms with Gasteiger partial charge in [0.1, 0.15) is 11.4 Å². The monoisotopic (exact) mass is 255 g/mol. The maximum atomic E-state index is 11.0. The summed E-state index contributed by atoms with van der Waals surface area (Å²) < 4.78 is 1.68. The highest BCUT2D eigenvalue weighted by molar-refractivity contribution is 7.80. The highest BCUT2D eigenvalue weighted by Gasteiger charge is 2.25. The zero-order valence-electron chi connectivity index (χ0n) is 10.1. The molecule has 0 amide bonds. The van der Waals surface area contributed by atoms with E-state index in [9.17, 15) is 10.1 Å². The van der Waals surface area contributed by atoms with Crippen molar-refractivity contribution in [3.05, 3.63) is 33.7 Å². The van der Waals surface area contributed by atoms with Crippen LogP contribution in [0.5, 0.6) is 0 Å². The SMILES string of the molecule is C=C(CS)Cn1nc(CC)c([N+](=O)[O-])c1CC. The topological polar surface area (TPSA) is 61.0 Å². The molecule has 17 heavy (non-hydrogen) atoms. The van der Waals surface area contributed by atoms with Crippen LogP contribution in [0.2, 0.25) is 0 Å². The molecule has 5 nitrogen and oxygen atoms in total. The van der Waals surface area contributed by atoms with E-state index >= 15 is 0 Å². The number of thiol groups is 1. The molecule has 0 saturated carbocycles. The van der Waals surface area contributed by atoms with Gasteiger partial charge < -0.3 is 0 Å². The van der Waals surface area contributed by atoms with Gasteiger partial charge in [0.2, 0.25) is 0 Å². The molecule has 6 heteroatoms. The minimum atomic E-state index is -0.343. The summed E-state index contributed by atoms with van der Waals surface area (Å²) in [7, 11) is 0. The molecule has 0 spiro atoms. The van der Waals surface area contributed by atoms with Gasteiger partial charge in [0.15, 0.2) is 0 Å². The lowest BCUT2D eigenvalue weighted by atomic mass is 10.2. The Morgan fingerprint density at radius 1 is 1.53 bits per heavy atom. The third-order valence-corrected chi connectivity index (χ3v) is 3.00. The molecule has 1 aromatic rings. The van der Waals surface area contributed by atoms with Crippen LogP contribution in [-0.2, 0) is 19.4 Å². The Morgan fingerprint density at radius 2 is 2.18 bits per heavy atom. The number of nitro groups is 1. The average molecular weight is 255 g/mol. The van der Waals surface area contributed by atoms with Gasteiger partial charge in [-0.3, -0.25) is 14.8 Å². The van der Waals surface area contributed by atoms with Crippen LogP contribution >= 0.6 is 12.6 Å². The Balaban J connectivity index is 3.22. The molecule has 0 aliphatic carbocycles. The van der Waals surface area contributed by atoms with Crippen LogP contribution in [0.4, 0.5) is 5.69 Å². The highest BCUT2D eigenvalue weighted by atomic mass is 32.1. The normalized spacial score (nSPS) is 10.5. The number of hydrogen-bond donors (Lipinski definition) is 1. The van der Waals surface area contributed by atoms with Gasteiger partial charge >= 0.3 is 5.69 Å². The molecule has 0 saturated heterocycles. The highest BCUT2D eigenvalue weighted by Crippen LogP contribution is 2.25. The standard InChI is InChI=1S/C11H17N3O2S/c1-4-9-11(14(15)16)10(5-2)13(12-9)6-8(3)7-17/h17H,3-7H2,1-2H3. The van der Waals surface area contributed by atoms with Crippen LogP contribution in [-0.4, -0.2) is 20.5 Å². The predicted molar refractivity (Wildman–Crippen MR) is 70.6 cm³/mol. The van der Waals surface area contributed by atoms with E-state index in [0.29, 0.717) is 36.5 Å². The average Bonchev–Trinajstić information content (AvgIpc) is 2.66. The molecule has 1 heterocycles. The lowest BCUT2D eigenvalue weighted by molar-refractivity contribution is -0.386. The van der Waals surface area contributed by atoms with Crippen LogP contribution in [0.25, 0.3) is 0 Å². The molecule has 0 radical (unpaired) electrons. The molecule has 0 fully saturated rings. The van der Waals surface area contributed by atoms with Crippen LogP contribution in [0.1, 0.15) is 25.2 Å². The number of rotatable bonds is 6. The molecule has 0 N–H and O–H groups in total. The fourth-order valence-corrected chi connectivity index (χ4v) is 1.83. The Morgan fingerprint density at radius 3 is 2.59 bits per heavy atom. The summed E-state index contributed by atoms with van der Waals surface area (Å²) in [5.41, 5.74) is 2.25. The molecule has 0 unspecified atom stereocenters. The van der Waals surface area contributed by atoms with Crippen molar-refractivity contribution in [2.45, 2.75) is 33.2 Å². The summed E-state index contributed by atoms with van der Waals surface area (Å²) >= 11 is 4.13.